The van der Waals surface area contributed by atoms with Crippen molar-refractivity contribution in [1.29, 1.82) is 0 Å². The van der Waals surface area contributed by atoms with E-state index in [1.807, 2.05) is 0 Å². The van der Waals surface area contributed by atoms with Gasteiger partial charge in [-0.25, -0.2) is 17.5 Å². The Kier molecular flexibility index (Phi) is 6.97. The fraction of sp³-hybridized carbons (Fsp3) is 0.435. The summed E-state index contributed by atoms with van der Waals surface area (Å²) in [4.78, 5) is 32.2. The lowest BCUT2D eigenvalue weighted by atomic mass is 10.0. The van der Waals surface area contributed by atoms with E-state index in [-0.39, 0.29) is 22.5 Å². The smallest absolute Gasteiger partial charge is 0.338 e. The molecule has 2 aliphatic rings. The van der Waals surface area contributed by atoms with E-state index < -0.39 is 27.8 Å². The monoisotopic (exact) mass is 525 g/mol. The third-order valence-corrected chi connectivity index (χ3v) is 8.19. The summed E-state index contributed by atoms with van der Waals surface area (Å²) in [6.07, 6.45) is -2.12. The van der Waals surface area contributed by atoms with E-state index in [2.05, 4.69) is 10.3 Å². The highest BCUT2D eigenvalue weighted by Gasteiger charge is 2.33. The van der Waals surface area contributed by atoms with Crippen LogP contribution < -0.4 is 10.2 Å². The average Bonchev–Trinajstić information content (AvgIpc) is 3.27. The Morgan fingerprint density at radius 3 is 2.36 bits per heavy atom. The summed E-state index contributed by atoms with van der Waals surface area (Å²) in [5.41, 5.74) is 0.459. The van der Waals surface area contributed by atoms with Gasteiger partial charge in [-0.15, -0.1) is 0 Å². The van der Waals surface area contributed by atoms with Crippen LogP contribution in [-0.2, 0) is 22.6 Å². The van der Waals surface area contributed by atoms with E-state index in [0.29, 0.717) is 44.6 Å². The van der Waals surface area contributed by atoms with Gasteiger partial charge in [0.1, 0.15) is 5.69 Å². The van der Waals surface area contributed by atoms with Crippen LogP contribution in [0.25, 0.3) is 0 Å². The molecule has 2 aliphatic heterocycles. The average molecular weight is 526 g/mol. The number of urea groups is 1. The molecule has 0 atom stereocenters. The van der Waals surface area contributed by atoms with Crippen molar-refractivity contribution in [2.24, 2.45) is 0 Å². The summed E-state index contributed by atoms with van der Waals surface area (Å²) in [6, 6.07) is 6.15. The van der Waals surface area contributed by atoms with Crippen LogP contribution in [0.3, 0.4) is 0 Å². The molecule has 4 rings (SSSR count). The van der Waals surface area contributed by atoms with E-state index in [1.54, 1.807) is 17.0 Å². The molecule has 0 unspecified atom stereocenters. The first kappa shape index (κ1) is 25.9. The number of pyridine rings is 1. The predicted octanol–water partition coefficient (Wildman–Crippen LogP) is 2.73. The van der Waals surface area contributed by atoms with Crippen molar-refractivity contribution in [3.8, 4) is 0 Å². The number of fused-ring (bicyclic) bond motifs is 1. The minimum atomic E-state index is -4.57. The molecular formula is C23H26F3N5O4S. The van der Waals surface area contributed by atoms with Crippen LogP contribution in [0.4, 0.5) is 23.7 Å². The molecule has 0 aliphatic carbocycles. The molecular weight excluding hydrogens is 499 g/mol. The first-order valence-corrected chi connectivity index (χ1v) is 12.8. The maximum Gasteiger partial charge on any atom is 0.433 e. The Balaban J connectivity index is 1.33. The molecule has 194 valence electrons. The van der Waals surface area contributed by atoms with Crippen molar-refractivity contribution in [3.63, 3.8) is 0 Å². The molecule has 1 fully saturated rings. The molecule has 1 N–H and O–H groups in total. The standard InChI is InChI=1S/C23H26F3N5O4S/c1-29(2)36(34,35)18-4-5-19-15(13-18)7-12-31(19)22(33)28-17-8-10-30(11-9-17)21(32)16-3-6-20(27-14-16)23(24,25)26/h3-6,13-14,17H,7-12H2,1-2H3,(H,28,33). The fourth-order valence-corrected chi connectivity index (χ4v) is 5.26. The van der Waals surface area contributed by atoms with Gasteiger partial charge in [0.2, 0.25) is 10.0 Å². The molecule has 2 aromatic rings. The van der Waals surface area contributed by atoms with Gasteiger partial charge in [0.05, 0.1) is 10.5 Å². The highest BCUT2D eigenvalue weighted by atomic mass is 32.2. The van der Waals surface area contributed by atoms with Crippen molar-refractivity contribution in [2.75, 3.05) is 38.6 Å². The number of hydrogen-bond donors (Lipinski definition) is 1. The molecule has 1 aromatic heterocycles. The molecule has 0 bridgehead atoms. The number of carbonyl (C=O) groups is 2. The Labute approximate surface area is 206 Å². The Morgan fingerprint density at radius 1 is 1.08 bits per heavy atom. The van der Waals surface area contributed by atoms with Gasteiger partial charge in [-0.2, -0.15) is 13.2 Å². The molecule has 3 amide bonds. The lowest BCUT2D eigenvalue weighted by Gasteiger charge is -2.33. The summed E-state index contributed by atoms with van der Waals surface area (Å²) >= 11 is 0. The summed E-state index contributed by atoms with van der Waals surface area (Å²) in [6.45, 7) is 1.10. The van der Waals surface area contributed by atoms with Crippen molar-refractivity contribution < 1.29 is 31.2 Å². The normalized spacial score (nSPS) is 16.8. The Bertz CT molecular complexity index is 1260. The van der Waals surface area contributed by atoms with E-state index in [1.165, 1.54) is 25.1 Å². The summed E-state index contributed by atoms with van der Waals surface area (Å²) in [5, 5.41) is 2.97. The number of likely N-dealkylation sites (tertiary alicyclic amines) is 1. The first-order valence-electron chi connectivity index (χ1n) is 11.3. The molecule has 1 aromatic carbocycles. The largest absolute Gasteiger partial charge is 0.433 e. The van der Waals surface area contributed by atoms with E-state index in [0.717, 1.165) is 28.2 Å². The van der Waals surface area contributed by atoms with Gasteiger partial charge < -0.3 is 10.2 Å². The van der Waals surface area contributed by atoms with Crippen LogP contribution in [0.5, 0.6) is 0 Å². The molecule has 0 spiro atoms. The zero-order valence-corrected chi connectivity index (χ0v) is 20.6. The van der Waals surface area contributed by atoms with E-state index >= 15 is 0 Å². The lowest BCUT2D eigenvalue weighted by molar-refractivity contribution is -0.141. The number of rotatable bonds is 4. The SMILES string of the molecule is CN(C)S(=O)(=O)c1ccc2c(c1)CCN2C(=O)NC1CCN(C(=O)c2ccc(C(F)(F)F)nc2)CC1. The molecule has 1 saturated heterocycles. The molecule has 9 nitrogen and oxygen atoms in total. The van der Waals surface area contributed by atoms with Crippen molar-refractivity contribution in [2.45, 2.75) is 36.4 Å². The third-order valence-electron chi connectivity index (χ3n) is 6.38. The van der Waals surface area contributed by atoms with Gasteiger partial charge in [-0.3, -0.25) is 14.7 Å². The van der Waals surface area contributed by atoms with Crippen molar-refractivity contribution in [3.05, 3.63) is 53.3 Å². The Hall–Kier alpha value is -3.19. The minimum absolute atomic E-state index is 0.0785. The number of aromatic nitrogens is 1. The fourth-order valence-electron chi connectivity index (χ4n) is 4.31. The lowest BCUT2D eigenvalue weighted by Crippen LogP contribution is -2.50. The van der Waals surface area contributed by atoms with Crippen molar-refractivity contribution >= 4 is 27.6 Å². The zero-order chi connectivity index (χ0) is 26.3. The van der Waals surface area contributed by atoms with Crippen LogP contribution in [0.1, 0.15) is 34.5 Å². The molecule has 0 saturated carbocycles. The number of carbonyl (C=O) groups excluding carboxylic acids is 2. The van der Waals surface area contributed by atoms with Gasteiger partial charge in [0.15, 0.2) is 0 Å². The van der Waals surface area contributed by atoms with Gasteiger partial charge in [0, 0.05) is 51.7 Å². The Morgan fingerprint density at radius 2 is 1.78 bits per heavy atom. The molecule has 13 heteroatoms. The highest BCUT2D eigenvalue weighted by molar-refractivity contribution is 7.89. The number of amides is 3. The molecule has 0 radical (unpaired) electrons. The van der Waals surface area contributed by atoms with Gasteiger partial charge >= 0.3 is 12.2 Å². The number of nitrogens with zero attached hydrogens (tertiary/aromatic N) is 4. The number of nitrogens with one attached hydrogen (secondary N) is 1. The van der Waals surface area contributed by atoms with Crippen molar-refractivity contribution in [1.82, 2.24) is 19.5 Å². The van der Waals surface area contributed by atoms with Gasteiger partial charge in [-0.1, -0.05) is 0 Å². The minimum Gasteiger partial charge on any atom is -0.338 e. The predicted molar refractivity (Wildman–Crippen MR) is 125 cm³/mol. The zero-order valence-electron chi connectivity index (χ0n) is 19.7. The van der Waals surface area contributed by atoms with Crippen LogP contribution in [0, 0.1) is 0 Å². The maximum atomic E-state index is 12.9. The topological polar surface area (TPSA) is 103 Å². The quantitative estimate of drug-likeness (QED) is 0.662. The number of anilines is 1. The van der Waals surface area contributed by atoms with Crippen LogP contribution >= 0.6 is 0 Å². The van der Waals surface area contributed by atoms with E-state index in [4.69, 9.17) is 0 Å². The van der Waals surface area contributed by atoms with Crippen LogP contribution in [0.15, 0.2) is 41.4 Å². The number of alkyl halides is 3. The highest BCUT2D eigenvalue weighted by Crippen LogP contribution is 2.31. The second kappa shape index (κ2) is 9.69. The second-order valence-electron chi connectivity index (χ2n) is 8.93. The van der Waals surface area contributed by atoms with E-state index in [9.17, 15) is 31.2 Å². The number of benzene rings is 1. The maximum absolute atomic E-state index is 12.9. The number of hydrogen-bond acceptors (Lipinski definition) is 5. The number of halogens is 3. The number of piperidine rings is 1. The summed E-state index contributed by atoms with van der Waals surface area (Å²) < 4.78 is 64.0. The van der Waals surface area contributed by atoms with Crippen LogP contribution in [0.2, 0.25) is 0 Å². The van der Waals surface area contributed by atoms with Gasteiger partial charge in [0.25, 0.3) is 5.91 Å². The third kappa shape index (κ3) is 5.16. The summed E-state index contributed by atoms with van der Waals surface area (Å²) in [5.74, 6) is -0.405. The molecule has 3 heterocycles. The van der Waals surface area contributed by atoms with Gasteiger partial charge in [-0.05, 0) is 55.2 Å². The number of sulfonamides is 1. The first-order chi connectivity index (χ1) is 16.9. The summed E-state index contributed by atoms with van der Waals surface area (Å²) in [7, 11) is -0.652. The van der Waals surface area contributed by atoms with Crippen LogP contribution in [-0.4, -0.2) is 74.3 Å². The molecule has 36 heavy (non-hydrogen) atoms. The second-order valence-corrected chi connectivity index (χ2v) is 11.1.